The summed E-state index contributed by atoms with van der Waals surface area (Å²) in [5.41, 5.74) is 0.955. The van der Waals surface area contributed by atoms with Gasteiger partial charge in [0.15, 0.2) is 0 Å². The van der Waals surface area contributed by atoms with Crippen LogP contribution in [0, 0.1) is 5.82 Å². The molecule has 0 saturated carbocycles. The maximum Gasteiger partial charge on any atom is 0.322 e. The Balaban J connectivity index is 1.91. The summed E-state index contributed by atoms with van der Waals surface area (Å²) in [5.74, 6) is -0.552. The first-order valence-electron chi connectivity index (χ1n) is 8.40. The second-order valence-corrected chi connectivity index (χ2v) is 6.42. The van der Waals surface area contributed by atoms with E-state index in [4.69, 9.17) is 11.6 Å². The van der Waals surface area contributed by atoms with Crippen LogP contribution in [0.2, 0.25) is 5.02 Å². The van der Waals surface area contributed by atoms with Crippen LogP contribution in [-0.4, -0.2) is 27.4 Å². The number of urea groups is 1. The fourth-order valence-electron chi connectivity index (χ4n) is 3.00. The lowest BCUT2D eigenvalue weighted by Gasteiger charge is -2.29. The Morgan fingerprint density at radius 2 is 2.15 bits per heavy atom. The average molecular weight is 389 g/mol. The van der Waals surface area contributed by atoms with Crippen LogP contribution >= 0.6 is 11.6 Å². The number of pyridine rings is 2. The van der Waals surface area contributed by atoms with Gasteiger partial charge in [0.2, 0.25) is 0 Å². The van der Waals surface area contributed by atoms with Crippen LogP contribution in [0.3, 0.4) is 0 Å². The summed E-state index contributed by atoms with van der Waals surface area (Å²) in [4.78, 5) is 33.0. The third-order valence-corrected chi connectivity index (χ3v) is 4.72. The second-order valence-electron chi connectivity index (χ2n) is 6.02. The number of amides is 2. The van der Waals surface area contributed by atoms with Crippen molar-refractivity contribution in [2.24, 2.45) is 0 Å². The number of hydrogen-bond acceptors (Lipinski definition) is 3. The predicted octanol–water partition coefficient (Wildman–Crippen LogP) is 4.33. The zero-order valence-corrected chi connectivity index (χ0v) is 15.5. The average Bonchev–Trinajstić information content (AvgIpc) is 2.66. The van der Waals surface area contributed by atoms with Crippen LogP contribution in [-0.2, 0) is 0 Å². The minimum Gasteiger partial charge on any atom is -0.328 e. The Labute approximate surface area is 160 Å². The van der Waals surface area contributed by atoms with Crippen LogP contribution in [0.15, 0.2) is 47.7 Å². The molecule has 1 unspecified atom stereocenters. The van der Waals surface area contributed by atoms with E-state index in [0.29, 0.717) is 17.6 Å². The number of anilines is 1. The summed E-state index contributed by atoms with van der Waals surface area (Å²) in [7, 11) is 0. The van der Waals surface area contributed by atoms with Gasteiger partial charge in [-0.15, -0.1) is 0 Å². The van der Waals surface area contributed by atoms with Crippen molar-refractivity contribution >= 4 is 34.1 Å². The van der Waals surface area contributed by atoms with Crippen molar-refractivity contribution in [3.63, 3.8) is 0 Å². The molecule has 0 aliphatic carbocycles. The first-order valence-corrected chi connectivity index (χ1v) is 8.78. The molecule has 0 fully saturated rings. The van der Waals surface area contributed by atoms with Crippen molar-refractivity contribution in [3.8, 4) is 0 Å². The minimum absolute atomic E-state index is 0.0666. The standard InChI is InChI=1S/C19H18ClFN4O2/c1-3-25(19(27)24-12-4-5-17(21)16(20)8-12)11(2)14-10-23-18(26)15-9-22-7-6-13(14)15/h4-11H,3H2,1-2H3,(H,23,26)(H,24,27). The molecule has 0 aliphatic heterocycles. The summed E-state index contributed by atoms with van der Waals surface area (Å²) < 4.78 is 13.3. The highest BCUT2D eigenvalue weighted by Gasteiger charge is 2.22. The van der Waals surface area contributed by atoms with E-state index in [1.165, 1.54) is 24.4 Å². The van der Waals surface area contributed by atoms with E-state index in [2.05, 4.69) is 15.3 Å². The number of carbonyl (C=O) groups is 1. The van der Waals surface area contributed by atoms with Crippen molar-refractivity contribution < 1.29 is 9.18 Å². The molecule has 0 radical (unpaired) electrons. The Morgan fingerprint density at radius 3 is 2.85 bits per heavy atom. The quantitative estimate of drug-likeness (QED) is 0.698. The number of aromatic nitrogens is 2. The first kappa shape index (κ1) is 18.8. The maximum absolute atomic E-state index is 13.3. The molecule has 1 atom stereocenters. The van der Waals surface area contributed by atoms with E-state index in [9.17, 15) is 14.0 Å². The molecule has 0 bridgehead atoms. The number of benzene rings is 1. The van der Waals surface area contributed by atoms with Crippen LogP contribution in [0.25, 0.3) is 10.8 Å². The lowest BCUT2D eigenvalue weighted by Crippen LogP contribution is -2.37. The highest BCUT2D eigenvalue weighted by molar-refractivity contribution is 6.31. The van der Waals surface area contributed by atoms with E-state index < -0.39 is 5.82 Å². The number of hydrogen-bond donors (Lipinski definition) is 2. The molecular weight excluding hydrogens is 371 g/mol. The molecule has 2 heterocycles. The fourth-order valence-corrected chi connectivity index (χ4v) is 3.18. The second kappa shape index (κ2) is 7.75. The Kier molecular flexibility index (Phi) is 5.41. The van der Waals surface area contributed by atoms with Crippen LogP contribution in [0.4, 0.5) is 14.9 Å². The molecule has 140 valence electrons. The molecular formula is C19H18ClFN4O2. The largest absolute Gasteiger partial charge is 0.328 e. The Bertz CT molecular complexity index is 1050. The number of H-pyrrole nitrogens is 1. The van der Waals surface area contributed by atoms with Gasteiger partial charge in [-0.1, -0.05) is 11.6 Å². The summed E-state index contributed by atoms with van der Waals surface area (Å²) in [6, 6.07) is 5.06. The SMILES string of the molecule is CCN(C(=O)Nc1ccc(F)c(Cl)c1)C(C)c1c[nH]c(=O)c2cnccc12. The van der Waals surface area contributed by atoms with Crippen molar-refractivity contribution in [1.82, 2.24) is 14.9 Å². The molecule has 3 rings (SSSR count). The van der Waals surface area contributed by atoms with Crippen molar-refractivity contribution in [3.05, 3.63) is 69.6 Å². The smallest absolute Gasteiger partial charge is 0.322 e. The van der Waals surface area contributed by atoms with Crippen molar-refractivity contribution in [2.45, 2.75) is 19.9 Å². The van der Waals surface area contributed by atoms with Gasteiger partial charge in [-0.3, -0.25) is 9.78 Å². The van der Waals surface area contributed by atoms with Gasteiger partial charge in [-0.05, 0) is 49.1 Å². The molecule has 2 N–H and O–H groups in total. The normalized spacial score (nSPS) is 12.0. The zero-order valence-electron chi connectivity index (χ0n) is 14.8. The van der Waals surface area contributed by atoms with Crippen LogP contribution in [0.1, 0.15) is 25.5 Å². The van der Waals surface area contributed by atoms with Gasteiger partial charge in [0, 0.05) is 30.8 Å². The topological polar surface area (TPSA) is 78.1 Å². The lowest BCUT2D eigenvalue weighted by molar-refractivity contribution is 0.197. The molecule has 27 heavy (non-hydrogen) atoms. The third kappa shape index (κ3) is 3.78. The highest BCUT2D eigenvalue weighted by atomic mass is 35.5. The number of aromatic amines is 1. The number of nitrogens with zero attached hydrogens (tertiary/aromatic N) is 2. The van der Waals surface area contributed by atoms with Gasteiger partial charge in [0.1, 0.15) is 5.82 Å². The van der Waals surface area contributed by atoms with Gasteiger partial charge in [0.25, 0.3) is 5.56 Å². The lowest BCUT2D eigenvalue weighted by atomic mass is 10.0. The van der Waals surface area contributed by atoms with Crippen molar-refractivity contribution in [1.29, 1.82) is 0 Å². The Morgan fingerprint density at radius 1 is 1.37 bits per heavy atom. The summed E-state index contributed by atoms with van der Waals surface area (Å²) >= 11 is 5.77. The van der Waals surface area contributed by atoms with Gasteiger partial charge in [-0.25, -0.2) is 9.18 Å². The Hall–Kier alpha value is -2.93. The molecule has 1 aromatic carbocycles. The summed E-state index contributed by atoms with van der Waals surface area (Å²) in [5, 5.41) is 3.85. The summed E-state index contributed by atoms with van der Waals surface area (Å²) in [6.07, 6.45) is 4.72. The van der Waals surface area contributed by atoms with E-state index in [1.807, 2.05) is 13.8 Å². The molecule has 6 nitrogen and oxygen atoms in total. The van der Waals surface area contributed by atoms with Crippen molar-refractivity contribution in [2.75, 3.05) is 11.9 Å². The van der Waals surface area contributed by atoms with E-state index in [-0.39, 0.29) is 22.7 Å². The van der Waals surface area contributed by atoms with Gasteiger partial charge < -0.3 is 15.2 Å². The van der Waals surface area contributed by atoms with Crippen LogP contribution < -0.4 is 10.9 Å². The van der Waals surface area contributed by atoms with E-state index >= 15 is 0 Å². The predicted molar refractivity (Wildman–Crippen MR) is 104 cm³/mol. The number of rotatable bonds is 4. The number of nitrogens with one attached hydrogen (secondary N) is 2. The number of fused-ring (bicyclic) bond motifs is 1. The molecule has 2 aromatic heterocycles. The molecule has 3 aromatic rings. The van der Waals surface area contributed by atoms with Crippen LogP contribution in [0.5, 0.6) is 0 Å². The van der Waals surface area contributed by atoms with Gasteiger partial charge >= 0.3 is 6.03 Å². The van der Waals surface area contributed by atoms with Gasteiger partial charge in [-0.2, -0.15) is 0 Å². The van der Waals surface area contributed by atoms with E-state index in [1.54, 1.807) is 23.4 Å². The maximum atomic E-state index is 13.3. The molecule has 8 heteroatoms. The third-order valence-electron chi connectivity index (χ3n) is 4.43. The molecule has 0 saturated heterocycles. The number of halogens is 2. The van der Waals surface area contributed by atoms with Gasteiger partial charge in [0.05, 0.1) is 16.5 Å². The monoisotopic (exact) mass is 388 g/mol. The molecule has 0 aliphatic rings. The molecule has 2 amide bonds. The minimum atomic E-state index is -0.552. The fraction of sp³-hybridized carbons (Fsp3) is 0.211. The molecule has 0 spiro atoms. The first-order chi connectivity index (χ1) is 12.9. The number of carbonyl (C=O) groups excluding carboxylic acids is 1. The summed E-state index contributed by atoms with van der Waals surface area (Å²) in [6.45, 7) is 4.14. The zero-order chi connectivity index (χ0) is 19.6. The highest BCUT2D eigenvalue weighted by Crippen LogP contribution is 2.26. The van der Waals surface area contributed by atoms with E-state index in [0.717, 1.165) is 10.9 Å².